The minimum Gasteiger partial charge on any atom is -0.490 e. The fourth-order valence-corrected chi connectivity index (χ4v) is 2.82. The van der Waals surface area contributed by atoms with Crippen molar-refractivity contribution >= 4 is 29.7 Å². The van der Waals surface area contributed by atoms with E-state index in [4.69, 9.17) is 9.47 Å². The van der Waals surface area contributed by atoms with Gasteiger partial charge in [-0.2, -0.15) is 5.10 Å². The first-order valence-electron chi connectivity index (χ1n) is 10.2. The molecule has 168 valence electrons. The van der Waals surface area contributed by atoms with Gasteiger partial charge in [0.2, 0.25) is 0 Å². The monoisotopic (exact) mass is 445 g/mol. The summed E-state index contributed by atoms with van der Waals surface area (Å²) < 4.78 is 11.0. The van der Waals surface area contributed by atoms with Crippen LogP contribution < -0.4 is 20.2 Å². The minimum atomic E-state index is -0.911. The van der Waals surface area contributed by atoms with Crippen LogP contribution in [0.3, 0.4) is 0 Å². The largest absolute Gasteiger partial charge is 0.490 e. The maximum atomic E-state index is 12.3. The summed E-state index contributed by atoms with van der Waals surface area (Å²) in [4.78, 5) is 36.3. The molecule has 0 bridgehead atoms. The first-order valence-corrected chi connectivity index (χ1v) is 10.2. The van der Waals surface area contributed by atoms with Gasteiger partial charge in [0.1, 0.15) is 0 Å². The van der Waals surface area contributed by atoms with Gasteiger partial charge in [0, 0.05) is 5.69 Å². The fourth-order valence-electron chi connectivity index (χ4n) is 2.82. The molecule has 0 unspecified atom stereocenters. The minimum absolute atomic E-state index is 0.254. The summed E-state index contributed by atoms with van der Waals surface area (Å²) in [5.41, 5.74) is 4.63. The van der Waals surface area contributed by atoms with Crippen molar-refractivity contribution in [3.63, 3.8) is 0 Å². The third-order valence-electron chi connectivity index (χ3n) is 4.34. The summed E-state index contributed by atoms with van der Waals surface area (Å²) in [5, 5.41) is 6.32. The van der Waals surface area contributed by atoms with Crippen molar-refractivity contribution in [3.05, 3.63) is 89.5 Å². The van der Waals surface area contributed by atoms with Gasteiger partial charge < -0.3 is 14.8 Å². The molecule has 0 aromatic heterocycles. The van der Waals surface area contributed by atoms with Crippen molar-refractivity contribution < 1.29 is 23.9 Å². The number of carbonyl (C=O) groups excluding carboxylic acids is 3. The molecule has 0 aliphatic carbocycles. The number of hydrazone groups is 1. The highest BCUT2D eigenvalue weighted by molar-refractivity contribution is 6.39. The molecule has 0 aliphatic rings. The molecule has 2 amide bonds. The zero-order valence-corrected chi connectivity index (χ0v) is 18.2. The lowest BCUT2D eigenvalue weighted by atomic mass is 10.2. The second kappa shape index (κ2) is 11.2. The predicted molar refractivity (Wildman–Crippen MR) is 125 cm³/mol. The zero-order chi connectivity index (χ0) is 23.6. The van der Waals surface area contributed by atoms with Crippen LogP contribution in [0.1, 0.15) is 28.4 Å². The van der Waals surface area contributed by atoms with Crippen molar-refractivity contribution in [3.8, 4) is 11.5 Å². The Kier molecular flexibility index (Phi) is 7.91. The van der Waals surface area contributed by atoms with E-state index >= 15 is 0 Å². The lowest BCUT2D eigenvalue weighted by Gasteiger charge is -2.11. The van der Waals surface area contributed by atoms with Crippen LogP contribution in [0, 0.1) is 6.92 Å². The molecule has 0 heterocycles. The number of carbonyl (C=O) groups is 3. The second-order valence-corrected chi connectivity index (χ2v) is 6.92. The van der Waals surface area contributed by atoms with Gasteiger partial charge in [0.15, 0.2) is 11.5 Å². The number of benzene rings is 3. The summed E-state index contributed by atoms with van der Waals surface area (Å²) >= 11 is 0. The lowest BCUT2D eigenvalue weighted by molar-refractivity contribution is -0.136. The molecule has 8 nitrogen and oxygen atoms in total. The maximum Gasteiger partial charge on any atom is 0.343 e. The van der Waals surface area contributed by atoms with Crippen molar-refractivity contribution in [2.75, 3.05) is 11.9 Å². The Morgan fingerprint density at radius 1 is 0.909 bits per heavy atom. The normalized spacial score (nSPS) is 10.5. The summed E-state index contributed by atoms with van der Waals surface area (Å²) in [6, 6.07) is 20.5. The molecule has 2 N–H and O–H groups in total. The van der Waals surface area contributed by atoms with Gasteiger partial charge >= 0.3 is 17.8 Å². The van der Waals surface area contributed by atoms with Crippen LogP contribution >= 0.6 is 0 Å². The number of aryl methyl sites for hydroxylation is 1. The number of rotatable bonds is 7. The van der Waals surface area contributed by atoms with E-state index in [1.54, 1.807) is 67.6 Å². The Labute approximate surface area is 191 Å². The van der Waals surface area contributed by atoms with E-state index in [-0.39, 0.29) is 5.75 Å². The fraction of sp³-hybridized carbons (Fsp3) is 0.120. The first kappa shape index (κ1) is 23.2. The Balaban J connectivity index is 1.63. The molecule has 3 aromatic carbocycles. The number of amides is 2. The zero-order valence-electron chi connectivity index (χ0n) is 18.2. The predicted octanol–water partition coefficient (Wildman–Crippen LogP) is 3.70. The quantitative estimate of drug-likeness (QED) is 0.190. The number of nitrogens with one attached hydrogen (secondary N) is 2. The Bertz CT molecular complexity index is 1180. The third-order valence-corrected chi connectivity index (χ3v) is 4.34. The topological polar surface area (TPSA) is 106 Å². The van der Waals surface area contributed by atoms with Crippen LogP contribution in [0.4, 0.5) is 5.69 Å². The number of ether oxygens (including phenoxy) is 2. The highest BCUT2D eigenvalue weighted by Gasteiger charge is 2.14. The molecule has 0 saturated carbocycles. The van der Waals surface area contributed by atoms with Gasteiger partial charge in [-0.15, -0.1) is 0 Å². The van der Waals surface area contributed by atoms with Gasteiger partial charge in [0.25, 0.3) is 0 Å². The van der Waals surface area contributed by atoms with Crippen LogP contribution in [0.15, 0.2) is 77.9 Å². The smallest absolute Gasteiger partial charge is 0.343 e. The molecule has 3 aromatic rings. The van der Waals surface area contributed by atoms with Gasteiger partial charge in [0.05, 0.1) is 18.4 Å². The average molecular weight is 445 g/mol. The second-order valence-electron chi connectivity index (χ2n) is 6.92. The molecule has 0 fully saturated rings. The summed E-state index contributed by atoms with van der Waals surface area (Å²) in [6.07, 6.45) is 1.35. The highest BCUT2D eigenvalue weighted by Crippen LogP contribution is 2.29. The number of nitrogens with zero attached hydrogens (tertiary/aromatic N) is 1. The van der Waals surface area contributed by atoms with E-state index in [0.29, 0.717) is 29.2 Å². The number of esters is 1. The number of hydrogen-bond acceptors (Lipinski definition) is 6. The molecule has 0 aliphatic heterocycles. The van der Waals surface area contributed by atoms with Gasteiger partial charge in [-0.05, 0) is 67.4 Å². The van der Waals surface area contributed by atoms with Crippen LogP contribution in [0.25, 0.3) is 0 Å². The molecule has 0 atom stereocenters. The molecule has 0 saturated heterocycles. The van der Waals surface area contributed by atoms with E-state index in [9.17, 15) is 14.4 Å². The summed E-state index contributed by atoms with van der Waals surface area (Å²) in [7, 11) is 0. The van der Waals surface area contributed by atoms with Crippen molar-refractivity contribution in [2.45, 2.75) is 13.8 Å². The Morgan fingerprint density at radius 3 is 2.42 bits per heavy atom. The number of hydrogen-bond donors (Lipinski definition) is 2. The van der Waals surface area contributed by atoms with Crippen molar-refractivity contribution in [1.29, 1.82) is 0 Å². The average Bonchev–Trinajstić information content (AvgIpc) is 2.81. The van der Waals surface area contributed by atoms with Gasteiger partial charge in [-0.1, -0.05) is 30.3 Å². The van der Waals surface area contributed by atoms with Crippen LogP contribution in [-0.4, -0.2) is 30.6 Å². The SMILES string of the molecule is CCOc1cc(/C=N\NC(=O)C(=O)Nc2cccc(C)c2)ccc1OC(=O)c1ccccc1. The molecule has 3 rings (SSSR count). The van der Waals surface area contributed by atoms with Crippen LogP contribution in [0.5, 0.6) is 11.5 Å². The lowest BCUT2D eigenvalue weighted by Crippen LogP contribution is -2.32. The number of anilines is 1. The van der Waals surface area contributed by atoms with Crippen LogP contribution in [-0.2, 0) is 9.59 Å². The molecular weight excluding hydrogens is 422 g/mol. The Hall–Kier alpha value is -4.46. The molecular formula is C25H23N3O5. The molecule has 0 radical (unpaired) electrons. The standard InChI is InChI=1S/C25H23N3O5/c1-3-32-22-15-18(12-13-21(22)33-25(31)19-9-5-4-6-10-19)16-26-28-24(30)23(29)27-20-11-7-8-17(2)14-20/h4-16H,3H2,1-2H3,(H,27,29)(H,28,30)/b26-16-. The highest BCUT2D eigenvalue weighted by atomic mass is 16.6. The summed E-state index contributed by atoms with van der Waals surface area (Å²) in [6.45, 7) is 4.04. The molecule has 33 heavy (non-hydrogen) atoms. The molecule has 8 heteroatoms. The van der Waals surface area contributed by atoms with Crippen molar-refractivity contribution in [1.82, 2.24) is 5.43 Å². The van der Waals surface area contributed by atoms with E-state index in [1.165, 1.54) is 6.21 Å². The third kappa shape index (κ3) is 6.76. The van der Waals surface area contributed by atoms with Gasteiger partial charge in [-0.25, -0.2) is 10.2 Å². The van der Waals surface area contributed by atoms with Crippen molar-refractivity contribution in [2.24, 2.45) is 5.10 Å². The first-order chi connectivity index (χ1) is 16.0. The van der Waals surface area contributed by atoms with Gasteiger partial charge in [-0.3, -0.25) is 9.59 Å². The van der Waals surface area contributed by atoms with E-state index in [1.807, 2.05) is 19.1 Å². The Morgan fingerprint density at radius 2 is 1.70 bits per heavy atom. The van der Waals surface area contributed by atoms with E-state index in [2.05, 4.69) is 15.8 Å². The van der Waals surface area contributed by atoms with E-state index < -0.39 is 17.8 Å². The molecule has 0 spiro atoms. The van der Waals surface area contributed by atoms with Crippen LogP contribution in [0.2, 0.25) is 0 Å². The summed E-state index contributed by atoms with van der Waals surface area (Å²) in [5.74, 6) is -1.66. The maximum absolute atomic E-state index is 12.3. The van der Waals surface area contributed by atoms with E-state index in [0.717, 1.165) is 5.56 Å².